The van der Waals surface area contributed by atoms with E-state index in [2.05, 4.69) is 48.5 Å². The first kappa shape index (κ1) is 37.4. The van der Waals surface area contributed by atoms with Crippen LogP contribution in [0.2, 0.25) is 0 Å². The van der Waals surface area contributed by atoms with Crippen molar-refractivity contribution in [2.45, 2.75) is 124 Å². The Kier molecular flexibility index (Phi) is 8.15. The molecule has 0 unspecified atom stereocenters. The topological polar surface area (TPSA) is 102 Å². The molecule has 6 aliphatic rings. The molecule has 0 radical (unpaired) electrons. The Morgan fingerprint density at radius 3 is 2.04 bits per heavy atom. The van der Waals surface area contributed by atoms with Crippen LogP contribution in [0.1, 0.15) is 133 Å². The molecule has 0 N–H and O–H groups in total. The van der Waals surface area contributed by atoms with Gasteiger partial charge in [-0.2, -0.15) is 0 Å². The van der Waals surface area contributed by atoms with Gasteiger partial charge in [0, 0.05) is 17.9 Å². The molecule has 9 nitrogen and oxygen atoms in total. The van der Waals surface area contributed by atoms with E-state index in [1.165, 1.54) is 15.7 Å². The van der Waals surface area contributed by atoms with Gasteiger partial charge in [-0.1, -0.05) is 84.9 Å². The van der Waals surface area contributed by atoms with E-state index < -0.39 is 11.0 Å². The van der Waals surface area contributed by atoms with Crippen LogP contribution in [0, 0.1) is 44.8 Å². The van der Waals surface area contributed by atoms with Gasteiger partial charge in [-0.3, -0.25) is 0 Å². The van der Waals surface area contributed by atoms with Crippen LogP contribution in [-0.2, 0) is 22.1 Å². The second kappa shape index (κ2) is 12.2. The number of allylic oxidation sites excluding steroid dienone is 1. The summed E-state index contributed by atoms with van der Waals surface area (Å²) in [6, 6.07) is 18.2. The molecule has 0 spiro atoms. The molecule has 0 bridgehead atoms. The van der Waals surface area contributed by atoms with Gasteiger partial charge in [-0.25, -0.2) is 33.1 Å². The van der Waals surface area contributed by atoms with Crippen LogP contribution >= 0.6 is 0 Å². The summed E-state index contributed by atoms with van der Waals surface area (Å²) in [6.07, 6.45) is 7.63. The van der Waals surface area contributed by atoms with Crippen molar-refractivity contribution in [3.63, 3.8) is 0 Å². The highest BCUT2D eigenvalue weighted by Gasteiger charge is 2.73. The molecule has 9 heteroatoms. The summed E-state index contributed by atoms with van der Waals surface area (Å²) >= 11 is 0. The number of ether oxygens (including phenoxy) is 2. The van der Waals surface area contributed by atoms with Crippen LogP contribution in [0.3, 0.4) is 0 Å². The number of nitrogens with zero attached hydrogens (tertiary/aromatic N) is 3. The maximum atomic E-state index is 14.5. The Hall–Kier alpha value is -4.14. The molecule has 2 aromatic carbocycles. The van der Waals surface area contributed by atoms with Crippen molar-refractivity contribution in [2.75, 3.05) is 6.61 Å². The quantitative estimate of drug-likeness (QED) is 0.185. The molecule has 9 atom stereocenters. The number of esters is 2. The van der Waals surface area contributed by atoms with Crippen molar-refractivity contribution in [1.82, 2.24) is 13.9 Å². The lowest BCUT2D eigenvalue weighted by molar-refractivity contribution is -0.211. The maximum Gasteiger partial charge on any atom is 0.347 e. The fraction of sp³-hybridized carbons (Fsp3) is 0.617. The first-order valence-electron chi connectivity index (χ1n) is 21.1. The Balaban J connectivity index is 1.17. The zero-order valence-electron chi connectivity index (χ0n) is 34.5. The molecule has 2 heterocycles. The summed E-state index contributed by atoms with van der Waals surface area (Å²) in [5, 5.41) is 0. The van der Waals surface area contributed by atoms with E-state index in [0.717, 1.165) is 57.8 Å². The maximum absolute atomic E-state index is 14.5. The third-order valence-electron chi connectivity index (χ3n) is 17.5. The van der Waals surface area contributed by atoms with E-state index in [1.54, 1.807) is 19.2 Å². The average molecular weight is 762 g/mol. The van der Waals surface area contributed by atoms with Gasteiger partial charge in [0.15, 0.2) is 0 Å². The zero-order valence-corrected chi connectivity index (χ0v) is 34.5. The number of rotatable bonds is 6. The van der Waals surface area contributed by atoms with Crippen molar-refractivity contribution >= 4 is 11.9 Å². The summed E-state index contributed by atoms with van der Waals surface area (Å²) in [5.41, 5.74) is 1.44. The number of carbonyl (C=O) groups is 2. The number of hydrogen-bond acceptors (Lipinski definition) is 6. The Bertz CT molecular complexity index is 2270. The van der Waals surface area contributed by atoms with Crippen molar-refractivity contribution in [1.29, 1.82) is 0 Å². The lowest BCUT2D eigenvalue weighted by Gasteiger charge is -2.72. The van der Waals surface area contributed by atoms with Crippen LogP contribution in [0.4, 0.5) is 0 Å². The SMILES string of the molecule is CC(C)[C@@]12CC[C@]3(COC(=O)c4ccccc4)CC[C@]4(C)C(=C31)[C@H](C[C@@H]1[C@@]3(C)CC[C@H](OC(=O)c5ccccc5)C(C)(C)[C@@H]3CC[C@]14C)n1c(=O)n(C)c(=O)n12. The van der Waals surface area contributed by atoms with Crippen molar-refractivity contribution in [3.8, 4) is 0 Å². The van der Waals surface area contributed by atoms with Gasteiger partial charge in [0.05, 0.1) is 22.7 Å². The number of aromatic nitrogens is 3. The van der Waals surface area contributed by atoms with Crippen molar-refractivity contribution in [2.24, 2.45) is 51.9 Å². The second-order valence-corrected chi connectivity index (χ2v) is 20.1. The van der Waals surface area contributed by atoms with Crippen LogP contribution < -0.4 is 11.4 Å². The molecule has 4 saturated carbocycles. The summed E-state index contributed by atoms with van der Waals surface area (Å²) in [4.78, 5) is 56.0. The van der Waals surface area contributed by atoms with Gasteiger partial charge in [0.25, 0.3) is 0 Å². The number of fused-ring (bicyclic) bond motifs is 7. The van der Waals surface area contributed by atoms with Gasteiger partial charge in [0.1, 0.15) is 12.7 Å². The molecule has 9 rings (SSSR count). The highest BCUT2D eigenvalue weighted by Crippen LogP contribution is 2.79. The molecule has 56 heavy (non-hydrogen) atoms. The average Bonchev–Trinajstić information content (AvgIpc) is 3.65. The molecule has 1 aliphatic heterocycles. The highest BCUT2D eigenvalue weighted by atomic mass is 16.5. The predicted molar refractivity (Wildman–Crippen MR) is 214 cm³/mol. The van der Waals surface area contributed by atoms with Crippen LogP contribution in [0.15, 0.2) is 81.4 Å². The first-order valence-corrected chi connectivity index (χ1v) is 21.1. The number of benzene rings is 2. The molecule has 1 aromatic heterocycles. The minimum Gasteiger partial charge on any atom is -0.461 e. The van der Waals surface area contributed by atoms with E-state index in [0.29, 0.717) is 17.0 Å². The molecule has 5 aliphatic carbocycles. The van der Waals surface area contributed by atoms with Gasteiger partial charge >= 0.3 is 23.3 Å². The predicted octanol–water partition coefficient (Wildman–Crippen LogP) is 8.48. The summed E-state index contributed by atoms with van der Waals surface area (Å²) < 4.78 is 17.8. The second-order valence-electron chi connectivity index (χ2n) is 20.1. The minimum atomic E-state index is -0.697. The van der Waals surface area contributed by atoms with Crippen molar-refractivity contribution in [3.05, 3.63) is 104 Å². The fourth-order valence-electron chi connectivity index (χ4n) is 14.5. The molecule has 4 fully saturated rings. The molecular formula is C47H59N3O6. The fourth-order valence-corrected chi connectivity index (χ4v) is 14.5. The van der Waals surface area contributed by atoms with Gasteiger partial charge in [-0.05, 0) is 127 Å². The highest BCUT2D eigenvalue weighted by molar-refractivity contribution is 5.90. The third-order valence-corrected chi connectivity index (χ3v) is 17.5. The summed E-state index contributed by atoms with van der Waals surface area (Å²) in [6.45, 7) is 16.8. The molecule has 298 valence electrons. The van der Waals surface area contributed by atoms with E-state index in [9.17, 15) is 19.2 Å². The molecular weight excluding hydrogens is 703 g/mol. The minimum absolute atomic E-state index is 0.0270. The van der Waals surface area contributed by atoms with Crippen LogP contribution in [0.25, 0.3) is 0 Å². The van der Waals surface area contributed by atoms with Gasteiger partial charge in [-0.15, -0.1) is 0 Å². The Morgan fingerprint density at radius 1 is 0.768 bits per heavy atom. The van der Waals surface area contributed by atoms with E-state index >= 15 is 0 Å². The van der Waals surface area contributed by atoms with Crippen LogP contribution in [0.5, 0.6) is 0 Å². The van der Waals surface area contributed by atoms with Gasteiger partial charge in [0.2, 0.25) is 0 Å². The largest absolute Gasteiger partial charge is 0.461 e. The Labute approximate surface area is 330 Å². The molecule has 3 aromatic rings. The smallest absolute Gasteiger partial charge is 0.347 e. The zero-order chi connectivity index (χ0) is 39.8. The number of carbonyl (C=O) groups excluding carboxylic acids is 2. The first-order chi connectivity index (χ1) is 26.5. The third kappa shape index (κ3) is 4.60. The Morgan fingerprint density at radius 2 is 1.39 bits per heavy atom. The van der Waals surface area contributed by atoms with E-state index in [4.69, 9.17) is 9.47 Å². The molecule has 0 saturated heterocycles. The lowest BCUT2D eigenvalue weighted by atomic mass is 9.33. The van der Waals surface area contributed by atoms with Gasteiger partial charge < -0.3 is 9.47 Å². The lowest BCUT2D eigenvalue weighted by Crippen LogP contribution is -2.67. The van der Waals surface area contributed by atoms with Crippen molar-refractivity contribution < 1.29 is 19.1 Å². The number of hydrogen-bond donors (Lipinski definition) is 0. The van der Waals surface area contributed by atoms with Crippen LogP contribution in [-0.4, -0.2) is 38.6 Å². The van der Waals surface area contributed by atoms with E-state index in [-0.39, 0.29) is 75.6 Å². The molecule has 0 amide bonds. The normalized spacial score (nSPS) is 37.6. The summed E-state index contributed by atoms with van der Waals surface area (Å²) in [7, 11) is 1.63. The van der Waals surface area contributed by atoms with E-state index in [1.807, 2.05) is 57.9 Å². The monoisotopic (exact) mass is 761 g/mol. The standard InChI is InChI=1S/C47H59N3O6/c1-29(2)47-26-25-46(28-55-38(51)30-15-11-9-12-16-30)24-23-45(7)36(37(46)47)32(49-40(53)48(8)41(54)50(47)49)27-34-43(5)21-20-35(56-39(52)31-17-13-10-14-18-31)42(3,4)33(43)19-22-44(34,45)6/h9-18,29,32-35H,19-28H2,1-8H3/t32-,33-,34+,35-,43-,44+,45+,46-,47-/m0/s1. The summed E-state index contributed by atoms with van der Waals surface area (Å²) in [5.74, 6) is -0.00260.